The molecule has 1 amide bonds. The molecule has 42 heavy (non-hydrogen) atoms. The van der Waals surface area contributed by atoms with Crippen molar-refractivity contribution in [2.24, 2.45) is 5.92 Å². The van der Waals surface area contributed by atoms with Gasteiger partial charge in [0.05, 0.1) is 31.9 Å². The van der Waals surface area contributed by atoms with Crippen molar-refractivity contribution in [3.8, 4) is 17.2 Å². The summed E-state index contributed by atoms with van der Waals surface area (Å²) in [6.45, 7) is 16.2. The van der Waals surface area contributed by atoms with Crippen LogP contribution >= 0.6 is 0 Å². The molecule has 230 valence electrons. The fraction of sp³-hybridized carbons (Fsp3) is 0.529. The molecule has 0 aromatic heterocycles. The lowest BCUT2D eigenvalue weighted by Crippen LogP contribution is -2.38. The number of unbranched alkanes of at least 4 members (excludes halogenated alkanes) is 1. The highest BCUT2D eigenvalue weighted by Gasteiger charge is 2.46. The monoisotopic (exact) mass is 580 g/mol. The molecule has 1 N–H and O–H groups in total. The molecule has 1 atom stereocenters. The Bertz CT molecular complexity index is 1250. The largest absolute Gasteiger partial charge is 0.507 e. The maximum atomic E-state index is 13.5. The zero-order chi connectivity index (χ0) is 30.8. The molecule has 0 bridgehead atoms. The summed E-state index contributed by atoms with van der Waals surface area (Å²) in [5, 5.41) is 11.6. The number of nitrogens with zero attached hydrogens (tertiary/aromatic N) is 2. The third-order valence-corrected chi connectivity index (χ3v) is 7.75. The molecular formula is C34H48N2O6. The number of rotatable bonds is 16. The Morgan fingerprint density at radius 3 is 2.29 bits per heavy atom. The first-order chi connectivity index (χ1) is 20.2. The minimum absolute atomic E-state index is 0.0640. The number of amides is 1. The van der Waals surface area contributed by atoms with E-state index in [1.165, 1.54) is 0 Å². The molecule has 1 fully saturated rings. The summed E-state index contributed by atoms with van der Waals surface area (Å²) in [7, 11) is 1.57. The summed E-state index contributed by atoms with van der Waals surface area (Å²) in [6, 6.07) is 10.0. The van der Waals surface area contributed by atoms with Crippen LogP contribution in [0.3, 0.4) is 0 Å². The van der Waals surface area contributed by atoms with Gasteiger partial charge in [0, 0.05) is 18.7 Å². The van der Waals surface area contributed by atoms with Crippen LogP contribution in [0.1, 0.15) is 76.6 Å². The smallest absolute Gasteiger partial charge is 0.295 e. The quantitative estimate of drug-likeness (QED) is 0.107. The number of carbonyl (C=O) groups excluding carboxylic acids is 2. The van der Waals surface area contributed by atoms with Gasteiger partial charge >= 0.3 is 0 Å². The van der Waals surface area contributed by atoms with E-state index in [-0.39, 0.29) is 11.3 Å². The van der Waals surface area contributed by atoms with Crippen molar-refractivity contribution >= 4 is 17.4 Å². The van der Waals surface area contributed by atoms with E-state index < -0.39 is 17.7 Å². The molecule has 1 heterocycles. The van der Waals surface area contributed by atoms with E-state index in [9.17, 15) is 14.7 Å². The molecule has 1 aliphatic heterocycles. The SMILES string of the molecule is CCCCOc1ccc(C(O)=C2C(=O)C(=O)N(CCN(CC)CC)C2c2ccc(OCCC(C)C)c(OC)c2)cc1C. The molecule has 1 aliphatic rings. The molecule has 8 nitrogen and oxygen atoms in total. The van der Waals surface area contributed by atoms with Crippen molar-refractivity contribution < 1.29 is 28.9 Å². The molecule has 0 radical (unpaired) electrons. The maximum Gasteiger partial charge on any atom is 0.295 e. The molecular weight excluding hydrogens is 532 g/mol. The summed E-state index contributed by atoms with van der Waals surface area (Å²) in [4.78, 5) is 30.8. The summed E-state index contributed by atoms with van der Waals surface area (Å²) in [5.41, 5.74) is 2.03. The Kier molecular flexibility index (Phi) is 12.3. The second-order valence-corrected chi connectivity index (χ2v) is 11.1. The number of aryl methyl sites for hydroxylation is 1. The van der Waals surface area contributed by atoms with Crippen LogP contribution in [0, 0.1) is 12.8 Å². The molecule has 1 unspecified atom stereocenters. The van der Waals surface area contributed by atoms with Gasteiger partial charge < -0.3 is 29.1 Å². The van der Waals surface area contributed by atoms with E-state index in [0.717, 1.165) is 43.7 Å². The number of aliphatic hydroxyl groups excluding tert-OH is 1. The Morgan fingerprint density at radius 1 is 0.976 bits per heavy atom. The zero-order valence-corrected chi connectivity index (χ0v) is 26.4. The Labute approximate surface area is 251 Å². The third-order valence-electron chi connectivity index (χ3n) is 7.75. The lowest BCUT2D eigenvalue weighted by Gasteiger charge is -2.28. The van der Waals surface area contributed by atoms with E-state index in [4.69, 9.17) is 14.2 Å². The Balaban J connectivity index is 2.07. The average Bonchev–Trinajstić information content (AvgIpc) is 3.23. The van der Waals surface area contributed by atoms with E-state index in [1.807, 2.05) is 19.1 Å². The second kappa shape index (κ2) is 15.6. The third kappa shape index (κ3) is 7.85. The number of likely N-dealkylation sites (N-methyl/N-ethyl adjacent to an activating group) is 1. The predicted octanol–water partition coefficient (Wildman–Crippen LogP) is 6.37. The van der Waals surface area contributed by atoms with Crippen LogP contribution in [0.5, 0.6) is 17.2 Å². The van der Waals surface area contributed by atoms with Crippen LogP contribution in [-0.2, 0) is 9.59 Å². The van der Waals surface area contributed by atoms with Crippen molar-refractivity contribution in [3.05, 3.63) is 58.7 Å². The number of aliphatic hydroxyl groups is 1. The molecule has 0 saturated carbocycles. The van der Waals surface area contributed by atoms with E-state index in [0.29, 0.717) is 54.8 Å². The number of methoxy groups -OCH3 is 1. The maximum absolute atomic E-state index is 13.5. The van der Waals surface area contributed by atoms with Crippen molar-refractivity contribution in [1.29, 1.82) is 0 Å². The number of benzene rings is 2. The van der Waals surface area contributed by atoms with Gasteiger partial charge in [0.15, 0.2) is 11.5 Å². The molecule has 2 aromatic rings. The molecule has 0 aliphatic carbocycles. The highest BCUT2D eigenvalue weighted by molar-refractivity contribution is 6.46. The molecule has 3 rings (SSSR count). The van der Waals surface area contributed by atoms with Crippen molar-refractivity contribution in [1.82, 2.24) is 9.80 Å². The number of Topliss-reactive ketones (excluding diaryl/α,β-unsaturated/α-hetero) is 1. The van der Waals surface area contributed by atoms with E-state index in [2.05, 4.69) is 39.5 Å². The minimum atomic E-state index is -0.778. The van der Waals surface area contributed by atoms with Gasteiger partial charge in [-0.3, -0.25) is 9.59 Å². The van der Waals surface area contributed by atoms with Gasteiger partial charge in [-0.2, -0.15) is 0 Å². The van der Waals surface area contributed by atoms with Crippen LogP contribution < -0.4 is 14.2 Å². The highest BCUT2D eigenvalue weighted by Crippen LogP contribution is 2.42. The Hall–Kier alpha value is -3.52. The summed E-state index contributed by atoms with van der Waals surface area (Å²) >= 11 is 0. The normalized spacial score (nSPS) is 16.5. The number of ketones is 1. The topological polar surface area (TPSA) is 88.5 Å². The van der Waals surface area contributed by atoms with Gasteiger partial charge in [0.2, 0.25) is 0 Å². The van der Waals surface area contributed by atoms with Gasteiger partial charge in [-0.1, -0.05) is 47.1 Å². The van der Waals surface area contributed by atoms with Crippen LogP contribution in [0.2, 0.25) is 0 Å². The van der Waals surface area contributed by atoms with E-state index >= 15 is 0 Å². The average molecular weight is 581 g/mol. The van der Waals surface area contributed by atoms with Crippen molar-refractivity contribution in [2.45, 2.75) is 66.8 Å². The summed E-state index contributed by atoms with van der Waals surface area (Å²) < 4.78 is 17.5. The zero-order valence-electron chi connectivity index (χ0n) is 26.4. The highest BCUT2D eigenvalue weighted by atomic mass is 16.5. The first-order valence-corrected chi connectivity index (χ1v) is 15.2. The molecule has 0 spiro atoms. The molecule has 1 saturated heterocycles. The molecule has 8 heteroatoms. The van der Waals surface area contributed by atoms with Crippen LogP contribution in [-0.4, -0.2) is 73.1 Å². The van der Waals surface area contributed by atoms with Crippen molar-refractivity contribution in [3.63, 3.8) is 0 Å². The number of carbonyl (C=O) groups is 2. The van der Waals surface area contributed by atoms with Crippen LogP contribution in [0.15, 0.2) is 42.0 Å². The standard InChI is InChI=1S/C34H48N2O6/c1-8-11-19-41-27-14-13-26(21-24(27)6)32(37)30-31(36(34(39)33(30)38)18-17-35(9-2)10-3)25-12-15-28(29(22-25)40-7)42-20-16-23(4)5/h12-15,21-23,31,37H,8-11,16-20H2,1-7H3. The Morgan fingerprint density at radius 2 is 1.67 bits per heavy atom. The first-order valence-electron chi connectivity index (χ1n) is 15.2. The van der Waals surface area contributed by atoms with Gasteiger partial charge in [0.1, 0.15) is 11.5 Å². The number of likely N-dealkylation sites (tertiary alicyclic amines) is 1. The number of hydrogen-bond donors (Lipinski definition) is 1. The van der Waals surface area contributed by atoms with Gasteiger partial charge in [-0.25, -0.2) is 0 Å². The molecule has 2 aromatic carbocycles. The lowest BCUT2D eigenvalue weighted by atomic mass is 9.94. The summed E-state index contributed by atoms with van der Waals surface area (Å²) in [5.74, 6) is 0.806. The van der Waals surface area contributed by atoms with Gasteiger partial charge in [-0.05, 0) is 80.2 Å². The van der Waals surface area contributed by atoms with Crippen LogP contribution in [0.4, 0.5) is 0 Å². The minimum Gasteiger partial charge on any atom is -0.507 e. The predicted molar refractivity (Wildman–Crippen MR) is 166 cm³/mol. The van der Waals surface area contributed by atoms with E-state index in [1.54, 1.807) is 36.3 Å². The first kappa shape index (κ1) is 33.0. The lowest BCUT2D eigenvalue weighted by molar-refractivity contribution is -0.140. The van der Waals surface area contributed by atoms with Gasteiger partial charge in [-0.15, -0.1) is 0 Å². The fourth-order valence-corrected chi connectivity index (χ4v) is 5.06. The van der Waals surface area contributed by atoms with Crippen LogP contribution in [0.25, 0.3) is 5.76 Å². The summed E-state index contributed by atoms with van der Waals surface area (Å²) in [6.07, 6.45) is 2.88. The fourth-order valence-electron chi connectivity index (χ4n) is 5.06. The number of hydrogen-bond acceptors (Lipinski definition) is 7. The number of ether oxygens (including phenoxy) is 3. The van der Waals surface area contributed by atoms with Gasteiger partial charge in [0.25, 0.3) is 11.7 Å². The van der Waals surface area contributed by atoms with Crippen molar-refractivity contribution in [2.75, 3.05) is 46.5 Å². The second-order valence-electron chi connectivity index (χ2n) is 11.1.